The predicted octanol–water partition coefficient (Wildman–Crippen LogP) is 1.78. The number of rotatable bonds is 3. The fourth-order valence-corrected chi connectivity index (χ4v) is 2.01. The molecule has 3 heteroatoms. The maximum Gasteiger partial charge on any atom is 0.134 e. The molecule has 0 aromatic carbocycles. The summed E-state index contributed by atoms with van der Waals surface area (Å²) in [5.41, 5.74) is 0. The van der Waals surface area contributed by atoms with Crippen LogP contribution in [0, 0.1) is 6.92 Å². The van der Waals surface area contributed by atoms with Crippen molar-refractivity contribution >= 4 is 11.3 Å². The summed E-state index contributed by atoms with van der Waals surface area (Å²) in [4.78, 5) is 2.57. The Kier molecular flexibility index (Phi) is 2.91. The Morgan fingerprint density at radius 1 is 1.64 bits per heavy atom. The third-order valence-corrected chi connectivity index (χ3v) is 2.48. The van der Waals surface area contributed by atoms with Crippen LogP contribution in [0.1, 0.15) is 9.75 Å². The molecule has 1 heterocycles. The molecule has 0 saturated heterocycles. The quantitative estimate of drug-likeness (QED) is 0.748. The van der Waals surface area contributed by atoms with E-state index in [9.17, 15) is 0 Å². The van der Waals surface area contributed by atoms with Gasteiger partial charge in [0.2, 0.25) is 0 Å². The Morgan fingerprint density at radius 2 is 2.36 bits per heavy atom. The number of methoxy groups -OCH3 is 1. The highest BCUT2D eigenvalue weighted by atomic mass is 32.1. The monoisotopic (exact) mass is 171 g/mol. The number of aryl methyl sites for hydroxylation is 1. The number of nitrogens with one attached hydrogen (secondary N) is 1. The van der Waals surface area contributed by atoms with Gasteiger partial charge in [0, 0.05) is 11.4 Å². The molecule has 0 radical (unpaired) electrons. The van der Waals surface area contributed by atoms with Gasteiger partial charge in [0.05, 0.1) is 12.0 Å². The van der Waals surface area contributed by atoms with Crippen molar-refractivity contribution in [3.8, 4) is 5.75 Å². The molecule has 0 bridgehead atoms. The van der Waals surface area contributed by atoms with Gasteiger partial charge in [-0.15, -0.1) is 11.3 Å². The van der Waals surface area contributed by atoms with Crippen LogP contribution in [-0.4, -0.2) is 14.2 Å². The molecule has 1 N–H and O–H groups in total. The van der Waals surface area contributed by atoms with Crippen LogP contribution in [0.5, 0.6) is 5.75 Å². The summed E-state index contributed by atoms with van der Waals surface area (Å²) in [6.07, 6.45) is 0. The normalized spacial score (nSPS) is 10.1. The van der Waals surface area contributed by atoms with E-state index in [4.69, 9.17) is 4.74 Å². The maximum atomic E-state index is 5.19. The van der Waals surface area contributed by atoms with E-state index in [2.05, 4.69) is 18.3 Å². The SMILES string of the molecule is CNCc1sc(C)cc1OC. The largest absolute Gasteiger partial charge is 0.496 e. The highest BCUT2D eigenvalue weighted by molar-refractivity contribution is 7.12. The molecule has 0 aliphatic rings. The van der Waals surface area contributed by atoms with Crippen LogP contribution in [0.3, 0.4) is 0 Å². The topological polar surface area (TPSA) is 21.3 Å². The molecule has 0 aliphatic carbocycles. The highest BCUT2D eigenvalue weighted by Gasteiger charge is 2.04. The molecule has 1 aromatic rings. The average molecular weight is 171 g/mol. The van der Waals surface area contributed by atoms with E-state index in [-0.39, 0.29) is 0 Å². The van der Waals surface area contributed by atoms with Crippen molar-refractivity contribution in [1.29, 1.82) is 0 Å². The van der Waals surface area contributed by atoms with Crippen LogP contribution in [0.2, 0.25) is 0 Å². The van der Waals surface area contributed by atoms with E-state index in [0.717, 1.165) is 12.3 Å². The fourth-order valence-electron chi connectivity index (χ4n) is 0.996. The highest BCUT2D eigenvalue weighted by Crippen LogP contribution is 2.27. The van der Waals surface area contributed by atoms with Gasteiger partial charge in [-0.05, 0) is 20.0 Å². The third-order valence-electron chi connectivity index (χ3n) is 1.45. The van der Waals surface area contributed by atoms with Crippen LogP contribution in [0.25, 0.3) is 0 Å². The van der Waals surface area contributed by atoms with Crippen LogP contribution >= 0.6 is 11.3 Å². The van der Waals surface area contributed by atoms with Gasteiger partial charge in [0.15, 0.2) is 0 Å². The molecule has 0 unspecified atom stereocenters. The molecule has 0 amide bonds. The molecule has 2 nitrogen and oxygen atoms in total. The summed E-state index contributed by atoms with van der Waals surface area (Å²) in [6.45, 7) is 2.98. The molecule has 0 saturated carbocycles. The maximum absolute atomic E-state index is 5.19. The molecule has 0 aliphatic heterocycles. The average Bonchev–Trinajstić information content (AvgIpc) is 2.32. The fraction of sp³-hybridized carbons (Fsp3) is 0.500. The summed E-state index contributed by atoms with van der Waals surface area (Å²) >= 11 is 1.78. The summed E-state index contributed by atoms with van der Waals surface area (Å²) < 4.78 is 5.19. The van der Waals surface area contributed by atoms with Crippen LogP contribution in [0.15, 0.2) is 6.07 Å². The summed E-state index contributed by atoms with van der Waals surface area (Å²) in [5.74, 6) is 1.00. The van der Waals surface area contributed by atoms with E-state index in [1.54, 1.807) is 18.4 Å². The molecule has 11 heavy (non-hydrogen) atoms. The van der Waals surface area contributed by atoms with Crippen molar-refractivity contribution in [3.05, 3.63) is 15.8 Å². The number of thiophene rings is 1. The van der Waals surface area contributed by atoms with E-state index < -0.39 is 0 Å². The van der Waals surface area contributed by atoms with Crippen LogP contribution in [0.4, 0.5) is 0 Å². The van der Waals surface area contributed by atoms with E-state index in [1.807, 2.05) is 7.05 Å². The number of hydrogen-bond acceptors (Lipinski definition) is 3. The van der Waals surface area contributed by atoms with Gasteiger partial charge in [-0.3, -0.25) is 0 Å². The van der Waals surface area contributed by atoms with Crippen LogP contribution < -0.4 is 10.1 Å². The molecule has 0 fully saturated rings. The zero-order valence-corrected chi connectivity index (χ0v) is 7.92. The second kappa shape index (κ2) is 3.74. The lowest BCUT2D eigenvalue weighted by atomic mass is 10.4. The van der Waals surface area contributed by atoms with Crippen molar-refractivity contribution in [2.24, 2.45) is 0 Å². The Balaban J connectivity index is 2.83. The lowest BCUT2D eigenvalue weighted by molar-refractivity contribution is 0.411. The molecule has 62 valence electrons. The van der Waals surface area contributed by atoms with Crippen molar-refractivity contribution in [1.82, 2.24) is 5.32 Å². The first-order valence-electron chi connectivity index (χ1n) is 3.56. The van der Waals surface area contributed by atoms with Gasteiger partial charge in [0.25, 0.3) is 0 Å². The standard InChI is InChI=1S/C8H13NOS/c1-6-4-7(10-3)8(11-6)5-9-2/h4,9H,5H2,1-3H3. The molecule has 1 aromatic heterocycles. The second-order valence-corrected chi connectivity index (χ2v) is 3.72. The first-order chi connectivity index (χ1) is 5.27. The zero-order valence-electron chi connectivity index (χ0n) is 7.10. The zero-order chi connectivity index (χ0) is 8.27. The molecule has 0 atom stereocenters. The summed E-state index contributed by atoms with van der Waals surface area (Å²) in [7, 11) is 3.65. The van der Waals surface area contributed by atoms with Gasteiger partial charge in [-0.1, -0.05) is 0 Å². The third kappa shape index (κ3) is 1.94. The van der Waals surface area contributed by atoms with Gasteiger partial charge in [-0.2, -0.15) is 0 Å². The van der Waals surface area contributed by atoms with Gasteiger partial charge >= 0.3 is 0 Å². The Morgan fingerprint density at radius 3 is 2.91 bits per heavy atom. The van der Waals surface area contributed by atoms with E-state index >= 15 is 0 Å². The van der Waals surface area contributed by atoms with Crippen molar-refractivity contribution in [2.45, 2.75) is 13.5 Å². The smallest absolute Gasteiger partial charge is 0.134 e. The number of hydrogen-bond donors (Lipinski definition) is 1. The van der Waals surface area contributed by atoms with Gasteiger partial charge in [-0.25, -0.2) is 0 Å². The van der Waals surface area contributed by atoms with E-state index in [1.165, 1.54) is 9.75 Å². The Hall–Kier alpha value is -0.540. The molecular weight excluding hydrogens is 158 g/mol. The lowest BCUT2D eigenvalue weighted by Crippen LogP contribution is -2.04. The predicted molar refractivity (Wildman–Crippen MR) is 48.4 cm³/mol. The minimum absolute atomic E-state index is 0.891. The molecule has 0 spiro atoms. The minimum atomic E-state index is 0.891. The Bertz CT molecular complexity index is 232. The summed E-state index contributed by atoms with van der Waals surface area (Å²) in [6, 6.07) is 2.07. The summed E-state index contributed by atoms with van der Waals surface area (Å²) in [5, 5.41) is 3.10. The van der Waals surface area contributed by atoms with Gasteiger partial charge < -0.3 is 10.1 Å². The minimum Gasteiger partial charge on any atom is -0.496 e. The van der Waals surface area contributed by atoms with Crippen molar-refractivity contribution in [2.75, 3.05) is 14.2 Å². The van der Waals surface area contributed by atoms with Crippen molar-refractivity contribution in [3.63, 3.8) is 0 Å². The first-order valence-corrected chi connectivity index (χ1v) is 4.37. The van der Waals surface area contributed by atoms with E-state index in [0.29, 0.717) is 0 Å². The number of ether oxygens (including phenoxy) is 1. The molecule has 1 rings (SSSR count). The van der Waals surface area contributed by atoms with Gasteiger partial charge in [0.1, 0.15) is 5.75 Å². The second-order valence-electron chi connectivity index (χ2n) is 2.38. The first kappa shape index (κ1) is 8.56. The van der Waals surface area contributed by atoms with Crippen molar-refractivity contribution < 1.29 is 4.74 Å². The lowest BCUT2D eigenvalue weighted by Gasteiger charge is -1.99. The Labute approximate surface area is 71.2 Å². The van der Waals surface area contributed by atoms with Crippen LogP contribution in [-0.2, 0) is 6.54 Å². The molecular formula is C8H13NOS.